The zero-order chi connectivity index (χ0) is 12.1. The van der Waals surface area contributed by atoms with Crippen molar-refractivity contribution in [3.8, 4) is 0 Å². The topological polar surface area (TPSA) is 37.3 Å². The van der Waals surface area contributed by atoms with Gasteiger partial charge in [-0.2, -0.15) is 0 Å². The van der Waals surface area contributed by atoms with Gasteiger partial charge in [0.1, 0.15) is 0 Å². The predicted molar refractivity (Wildman–Crippen MR) is 82.7 cm³/mol. The monoisotopic (exact) mass is 275 g/mol. The molecule has 18 heavy (non-hydrogen) atoms. The molecule has 0 aliphatic carbocycles. The minimum atomic E-state index is -0.782. The van der Waals surface area contributed by atoms with Crippen molar-refractivity contribution in [1.29, 1.82) is 0 Å². The number of unbranched alkanes of at least 4 members (excludes halogenated alkanes) is 10. The summed E-state index contributed by atoms with van der Waals surface area (Å²) in [5, 5.41) is 8.40. The van der Waals surface area contributed by atoms with Crippen molar-refractivity contribution in [2.45, 2.75) is 77.6 Å². The Balaban J connectivity index is -0.00000112. The van der Waals surface area contributed by atoms with E-state index in [4.69, 9.17) is 5.11 Å². The zero-order valence-corrected chi connectivity index (χ0v) is 10.7. The summed E-state index contributed by atoms with van der Waals surface area (Å²) in [4.78, 5) is 10.2. The standard InChI is InChI=1S/C14H27O2.2Na.2H/c1-2-3-4-5-6-7-8-9-10-11-12-13-14(15)16;;;;/h13H,2-12H2,1H3,(H,15,16);;;;. The van der Waals surface area contributed by atoms with Crippen LogP contribution in [-0.2, 0) is 4.79 Å². The summed E-state index contributed by atoms with van der Waals surface area (Å²) in [6, 6.07) is 0. The van der Waals surface area contributed by atoms with Gasteiger partial charge in [0.2, 0.25) is 0 Å². The van der Waals surface area contributed by atoms with Crippen LogP contribution in [0.2, 0.25) is 0 Å². The van der Waals surface area contributed by atoms with Crippen LogP contribution in [0.25, 0.3) is 0 Å². The molecule has 0 fully saturated rings. The van der Waals surface area contributed by atoms with E-state index in [2.05, 4.69) is 6.92 Å². The molecule has 0 amide bonds. The molecule has 0 aliphatic rings. The molecule has 0 aromatic heterocycles. The van der Waals surface area contributed by atoms with Crippen molar-refractivity contribution >= 4 is 65.1 Å². The molecule has 0 aromatic carbocycles. The molecular formula is C14H29Na2O2. The number of carbonyl (C=O) groups is 1. The van der Waals surface area contributed by atoms with Crippen molar-refractivity contribution in [2.75, 3.05) is 0 Å². The zero-order valence-electron chi connectivity index (χ0n) is 10.7. The fourth-order valence-corrected chi connectivity index (χ4v) is 1.86. The van der Waals surface area contributed by atoms with Crippen LogP contribution in [0.15, 0.2) is 0 Å². The number of carboxylic acid groups (broad SMARTS) is 1. The van der Waals surface area contributed by atoms with Gasteiger partial charge in [0.05, 0.1) is 6.42 Å². The number of aliphatic carboxylic acids is 1. The Bertz CT molecular complexity index is 164. The first-order chi connectivity index (χ1) is 7.77. The molecule has 0 aliphatic heterocycles. The fourth-order valence-electron chi connectivity index (χ4n) is 1.86. The van der Waals surface area contributed by atoms with Crippen LogP contribution in [0.3, 0.4) is 0 Å². The molecule has 99 valence electrons. The maximum absolute atomic E-state index is 10.2. The van der Waals surface area contributed by atoms with Crippen LogP contribution in [0.5, 0.6) is 0 Å². The molecular weight excluding hydrogens is 246 g/mol. The van der Waals surface area contributed by atoms with Crippen LogP contribution in [0.4, 0.5) is 0 Å². The van der Waals surface area contributed by atoms with E-state index in [0.29, 0.717) is 0 Å². The van der Waals surface area contributed by atoms with Gasteiger partial charge in [-0.15, -0.1) is 0 Å². The number of hydrogen-bond acceptors (Lipinski definition) is 1. The molecule has 2 nitrogen and oxygen atoms in total. The van der Waals surface area contributed by atoms with E-state index in [1.807, 2.05) is 0 Å². The van der Waals surface area contributed by atoms with Crippen molar-refractivity contribution in [1.82, 2.24) is 0 Å². The third kappa shape index (κ3) is 22.6. The van der Waals surface area contributed by atoms with Crippen LogP contribution >= 0.6 is 0 Å². The summed E-state index contributed by atoms with van der Waals surface area (Å²) in [5.74, 6) is -0.782. The fraction of sp³-hybridized carbons (Fsp3) is 0.857. The minimum absolute atomic E-state index is 0. The van der Waals surface area contributed by atoms with Gasteiger partial charge in [-0.1, -0.05) is 71.1 Å². The average Bonchev–Trinajstić information content (AvgIpc) is 2.25. The molecule has 1 N–H and O–H groups in total. The molecule has 0 bridgehead atoms. The molecule has 0 saturated heterocycles. The average molecular weight is 275 g/mol. The Kier molecular flexibility index (Phi) is 28.3. The number of carboxylic acids is 1. The Morgan fingerprint density at radius 3 is 1.61 bits per heavy atom. The summed E-state index contributed by atoms with van der Waals surface area (Å²) in [6.07, 6.45) is 15.1. The Hall–Kier alpha value is 1.47. The predicted octanol–water partition coefficient (Wildman–Crippen LogP) is 3.29. The molecule has 4 heteroatoms. The molecule has 0 heterocycles. The van der Waals surface area contributed by atoms with Crippen molar-refractivity contribution in [3.63, 3.8) is 0 Å². The summed E-state index contributed by atoms with van der Waals surface area (Å²) in [7, 11) is 0. The molecule has 0 aromatic rings. The first-order valence-corrected chi connectivity index (χ1v) is 6.83. The third-order valence-electron chi connectivity index (χ3n) is 2.88. The maximum atomic E-state index is 10.2. The van der Waals surface area contributed by atoms with Crippen LogP contribution in [-0.4, -0.2) is 70.2 Å². The molecule has 0 atom stereocenters. The summed E-state index contributed by atoms with van der Waals surface area (Å²) >= 11 is 0. The van der Waals surface area contributed by atoms with E-state index in [1.165, 1.54) is 64.2 Å². The van der Waals surface area contributed by atoms with Gasteiger partial charge in [0.15, 0.2) is 0 Å². The third-order valence-corrected chi connectivity index (χ3v) is 2.88. The van der Waals surface area contributed by atoms with Crippen LogP contribution in [0, 0.1) is 6.42 Å². The first kappa shape index (κ1) is 24.5. The van der Waals surface area contributed by atoms with Gasteiger partial charge in [-0.25, -0.2) is 0 Å². The number of rotatable bonds is 12. The van der Waals surface area contributed by atoms with E-state index in [9.17, 15) is 4.79 Å². The van der Waals surface area contributed by atoms with E-state index < -0.39 is 5.97 Å². The van der Waals surface area contributed by atoms with Gasteiger partial charge in [-0.3, -0.25) is 4.79 Å². The second-order valence-corrected chi connectivity index (χ2v) is 4.51. The van der Waals surface area contributed by atoms with Crippen LogP contribution < -0.4 is 0 Å². The SMILES string of the molecule is CCCCCCCCCCCC[CH]C(=O)O.[NaH].[NaH]. The Morgan fingerprint density at radius 2 is 1.22 bits per heavy atom. The van der Waals surface area contributed by atoms with Crippen LogP contribution in [0.1, 0.15) is 77.6 Å². The number of hydrogen-bond donors (Lipinski definition) is 1. The quantitative estimate of drug-likeness (QED) is 0.438. The van der Waals surface area contributed by atoms with Gasteiger partial charge < -0.3 is 5.11 Å². The van der Waals surface area contributed by atoms with Crippen molar-refractivity contribution in [2.24, 2.45) is 0 Å². The summed E-state index contributed by atoms with van der Waals surface area (Å²) in [6.45, 7) is 2.24. The normalized spacial score (nSPS) is 9.39. The van der Waals surface area contributed by atoms with E-state index in [0.717, 1.165) is 12.8 Å². The van der Waals surface area contributed by atoms with E-state index in [-0.39, 0.29) is 59.1 Å². The van der Waals surface area contributed by atoms with Gasteiger partial charge in [0, 0.05) is 0 Å². The molecule has 0 unspecified atom stereocenters. The van der Waals surface area contributed by atoms with Gasteiger partial charge in [0.25, 0.3) is 0 Å². The van der Waals surface area contributed by atoms with E-state index in [1.54, 1.807) is 0 Å². The van der Waals surface area contributed by atoms with Gasteiger partial charge >= 0.3 is 65.1 Å². The summed E-state index contributed by atoms with van der Waals surface area (Å²) < 4.78 is 0. The second kappa shape index (κ2) is 20.8. The van der Waals surface area contributed by atoms with E-state index >= 15 is 0 Å². The molecule has 0 spiro atoms. The van der Waals surface area contributed by atoms with Crippen molar-refractivity contribution in [3.05, 3.63) is 6.42 Å². The molecule has 0 rings (SSSR count). The Labute approximate surface area is 157 Å². The first-order valence-electron chi connectivity index (χ1n) is 6.83. The van der Waals surface area contributed by atoms with Gasteiger partial charge in [-0.05, 0) is 6.42 Å². The second-order valence-electron chi connectivity index (χ2n) is 4.51. The molecule has 0 saturated carbocycles. The van der Waals surface area contributed by atoms with Crippen molar-refractivity contribution < 1.29 is 9.90 Å². The Morgan fingerprint density at radius 1 is 0.833 bits per heavy atom. The summed E-state index contributed by atoms with van der Waals surface area (Å²) in [5.41, 5.74) is 0. The molecule has 1 radical (unpaired) electrons.